The van der Waals surface area contributed by atoms with Crippen molar-refractivity contribution in [3.05, 3.63) is 70.0 Å². The van der Waals surface area contributed by atoms with Gasteiger partial charge >= 0.3 is 0 Å². The van der Waals surface area contributed by atoms with Crippen LogP contribution in [0.2, 0.25) is 0 Å². The molecule has 0 aliphatic carbocycles. The van der Waals surface area contributed by atoms with Crippen molar-refractivity contribution in [3.8, 4) is 0 Å². The molecule has 1 aliphatic rings. The average Bonchev–Trinajstić information content (AvgIpc) is 3.17. The highest BCUT2D eigenvalue weighted by molar-refractivity contribution is 7.18. The van der Waals surface area contributed by atoms with E-state index in [1.165, 1.54) is 9.71 Å². The SMILES string of the molecule is O=[N+]([O-])c1ccc(N2CCC(c3nc4ccccc4s3)CC2)c2ccncc12. The number of hydrogen-bond donors (Lipinski definition) is 0. The minimum Gasteiger partial charge on any atom is -0.371 e. The predicted molar refractivity (Wildman–Crippen MR) is 112 cm³/mol. The molecule has 5 rings (SSSR count). The maximum absolute atomic E-state index is 11.3. The predicted octanol–water partition coefficient (Wildman–Crippen LogP) is 5.14. The van der Waals surface area contributed by atoms with Gasteiger partial charge in [-0.1, -0.05) is 12.1 Å². The number of thiazole rings is 1. The van der Waals surface area contributed by atoms with Gasteiger partial charge in [0.1, 0.15) is 0 Å². The van der Waals surface area contributed by atoms with Crippen LogP contribution in [0.1, 0.15) is 23.8 Å². The Morgan fingerprint density at radius 3 is 2.68 bits per heavy atom. The number of benzene rings is 2. The highest BCUT2D eigenvalue weighted by atomic mass is 32.1. The standard InChI is InChI=1S/C21H18N4O2S/c26-25(27)19-6-5-18(15-7-10-22-13-16(15)19)24-11-8-14(9-12-24)21-23-17-3-1-2-4-20(17)28-21/h1-7,10,13-14H,8-9,11-12H2. The Bertz CT molecular complexity index is 1150. The van der Waals surface area contributed by atoms with E-state index >= 15 is 0 Å². The molecule has 140 valence electrons. The number of non-ortho nitro benzene ring substituents is 1. The summed E-state index contributed by atoms with van der Waals surface area (Å²) < 4.78 is 1.24. The number of rotatable bonds is 3. The van der Waals surface area contributed by atoms with E-state index in [1.807, 2.05) is 18.2 Å². The number of fused-ring (bicyclic) bond motifs is 2. The van der Waals surface area contributed by atoms with Gasteiger partial charge in [0.2, 0.25) is 0 Å². The van der Waals surface area contributed by atoms with E-state index in [-0.39, 0.29) is 10.6 Å². The van der Waals surface area contributed by atoms with Gasteiger partial charge in [-0.15, -0.1) is 11.3 Å². The minimum atomic E-state index is -0.340. The van der Waals surface area contributed by atoms with Crippen LogP contribution >= 0.6 is 11.3 Å². The molecule has 0 amide bonds. The summed E-state index contributed by atoms with van der Waals surface area (Å²) in [5.41, 5.74) is 2.24. The summed E-state index contributed by atoms with van der Waals surface area (Å²) in [5, 5.41) is 14.0. The van der Waals surface area contributed by atoms with Gasteiger partial charge in [-0.05, 0) is 37.1 Å². The molecule has 0 bridgehead atoms. The molecule has 7 heteroatoms. The smallest absolute Gasteiger partial charge is 0.278 e. The summed E-state index contributed by atoms with van der Waals surface area (Å²) in [4.78, 5) is 22.2. The Hall–Kier alpha value is -3.06. The summed E-state index contributed by atoms with van der Waals surface area (Å²) in [6, 6.07) is 13.6. The zero-order valence-electron chi connectivity index (χ0n) is 15.1. The third kappa shape index (κ3) is 2.88. The Balaban J connectivity index is 1.41. The fraction of sp³-hybridized carbons (Fsp3) is 0.238. The number of nitro groups is 1. The zero-order chi connectivity index (χ0) is 19.1. The maximum atomic E-state index is 11.3. The molecule has 1 aliphatic heterocycles. The minimum absolute atomic E-state index is 0.108. The van der Waals surface area contributed by atoms with Crippen LogP contribution in [0.4, 0.5) is 11.4 Å². The lowest BCUT2D eigenvalue weighted by molar-refractivity contribution is -0.383. The normalized spacial score (nSPS) is 15.4. The Morgan fingerprint density at radius 1 is 1.07 bits per heavy atom. The topological polar surface area (TPSA) is 72.2 Å². The van der Waals surface area contributed by atoms with Crippen LogP contribution in [0.3, 0.4) is 0 Å². The summed E-state index contributed by atoms with van der Waals surface area (Å²) in [5.74, 6) is 0.472. The van der Waals surface area contributed by atoms with Crippen molar-refractivity contribution in [2.24, 2.45) is 0 Å². The molecule has 2 aromatic heterocycles. The summed E-state index contributed by atoms with van der Waals surface area (Å²) in [7, 11) is 0. The van der Waals surface area contributed by atoms with E-state index in [4.69, 9.17) is 4.98 Å². The van der Waals surface area contributed by atoms with Gasteiger partial charge in [-0.25, -0.2) is 4.98 Å². The van der Waals surface area contributed by atoms with Crippen molar-refractivity contribution in [2.75, 3.05) is 18.0 Å². The number of nitro benzene ring substituents is 1. The van der Waals surface area contributed by atoms with Crippen molar-refractivity contribution in [1.29, 1.82) is 0 Å². The molecule has 4 aromatic rings. The first-order chi connectivity index (χ1) is 13.7. The van der Waals surface area contributed by atoms with Gasteiger partial charge in [0, 0.05) is 48.5 Å². The van der Waals surface area contributed by atoms with Crippen LogP contribution in [0.5, 0.6) is 0 Å². The second-order valence-corrected chi connectivity index (χ2v) is 8.13. The number of hydrogen-bond acceptors (Lipinski definition) is 6. The van der Waals surface area contributed by atoms with Crippen LogP contribution < -0.4 is 4.90 Å². The van der Waals surface area contributed by atoms with Crippen molar-refractivity contribution < 1.29 is 4.92 Å². The summed E-state index contributed by atoms with van der Waals surface area (Å²) in [6.45, 7) is 1.83. The number of para-hydroxylation sites is 1. The van der Waals surface area contributed by atoms with Crippen molar-refractivity contribution in [1.82, 2.24) is 9.97 Å². The highest BCUT2D eigenvalue weighted by Gasteiger charge is 2.25. The zero-order valence-corrected chi connectivity index (χ0v) is 15.9. The quantitative estimate of drug-likeness (QED) is 0.358. The van der Waals surface area contributed by atoms with Crippen molar-refractivity contribution in [3.63, 3.8) is 0 Å². The van der Waals surface area contributed by atoms with E-state index in [0.29, 0.717) is 11.3 Å². The monoisotopic (exact) mass is 390 g/mol. The van der Waals surface area contributed by atoms with Crippen molar-refractivity contribution >= 4 is 43.7 Å². The van der Waals surface area contributed by atoms with Crippen LogP contribution in [0.25, 0.3) is 21.0 Å². The molecule has 0 unspecified atom stereocenters. The van der Waals surface area contributed by atoms with Crippen LogP contribution in [-0.2, 0) is 0 Å². The van der Waals surface area contributed by atoms with E-state index < -0.39 is 0 Å². The molecule has 1 fully saturated rings. The first-order valence-electron chi connectivity index (χ1n) is 9.32. The third-order valence-electron chi connectivity index (χ3n) is 5.46. The summed E-state index contributed by atoms with van der Waals surface area (Å²) >= 11 is 1.80. The lowest BCUT2D eigenvalue weighted by Gasteiger charge is -2.33. The molecule has 0 atom stereocenters. The molecule has 0 N–H and O–H groups in total. The van der Waals surface area contributed by atoms with E-state index in [2.05, 4.69) is 28.1 Å². The van der Waals surface area contributed by atoms with E-state index in [9.17, 15) is 10.1 Å². The van der Waals surface area contributed by atoms with Crippen molar-refractivity contribution in [2.45, 2.75) is 18.8 Å². The Labute approximate surface area is 165 Å². The molecule has 0 spiro atoms. The highest BCUT2D eigenvalue weighted by Crippen LogP contribution is 2.38. The van der Waals surface area contributed by atoms with Gasteiger partial charge in [-0.2, -0.15) is 0 Å². The molecular weight excluding hydrogens is 372 g/mol. The maximum Gasteiger partial charge on any atom is 0.278 e. The number of aromatic nitrogens is 2. The molecule has 6 nitrogen and oxygen atoms in total. The van der Waals surface area contributed by atoms with Gasteiger partial charge < -0.3 is 4.90 Å². The average molecular weight is 390 g/mol. The fourth-order valence-electron chi connectivity index (χ4n) is 4.03. The Morgan fingerprint density at radius 2 is 1.89 bits per heavy atom. The van der Waals surface area contributed by atoms with Gasteiger partial charge in [-0.3, -0.25) is 15.1 Å². The van der Waals surface area contributed by atoms with Crippen LogP contribution in [0.15, 0.2) is 54.9 Å². The van der Waals surface area contributed by atoms with Gasteiger partial charge in [0.25, 0.3) is 5.69 Å². The number of piperidine rings is 1. The first kappa shape index (κ1) is 17.1. The van der Waals surface area contributed by atoms with E-state index in [0.717, 1.165) is 42.5 Å². The molecule has 0 saturated carbocycles. The lowest BCUT2D eigenvalue weighted by Crippen LogP contribution is -2.33. The van der Waals surface area contributed by atoms with Gasteiger partial charge in [0.15, 0.2) is 0 Å². The lowest BCUT2D eigenvalue weighted by atomic mass is 9.96. The molecular formula is C21H18N4O2S. The van der Waals surface area contributed by atoms with Crippen LogP contribution in [0, 0.1) is 10.1 Å². The van der Waals surface area contributed by atoms with Crippen LogP contribution in [-0.4, -0.2) is 28.0 Å². The van der Waals surface area contributed by atoms with Gasteiger partial charge in [0.05, 0.1) is 25.5 Å². The second kappa shape index (κ2) is 6.83. The fourth-order valence-corrected chi connectivity index (χ4v) is 5.16. The van der Waals surface area contributed by atoms with E-state index in [1.54, 1.807) is 29.8 Å². The molecule has 1 saturated heterocycles. The Kier molecular flexibility index (Phi) is 4.16. The molecule has 28 heavy (non-hydrogen) atoms. The largest absolute Gasteiger partial charge is 0.371 e. The number of pyridine rings is 1. The number of anilines is 1. The first-order valence-corrected chi connectivity index (χ1v) is 10.1. The molecule has 2 aromatic carbocycles. The number of nitrogens with zero attached hydrogens (tertiary/aromatic N) is 4. The third-order valence-corrected chi connectivity index (χ3v) is 6.66. The summed E-state index contributed by atoms with van der Waals surface area (Å²) in [6.07, 6.45) is 5.35. The second-order valence-electron chi connectivity index (χ2n) is 7.06. The molecule has 3 heterocycles. The molecule has 0 radical (unpaired) electrons.